The van der Waals surface area contributed by atoms with Gasteiger partial charge in [-0.25, -0.2) is 0 Å². The van der Waals surface area contributed by atoms with Crippen LogP contribution in [-0.2, 0) is 0 Å². The predicted octanol–water partition coefficient (Wildman–Crippen LogP) is 3.42. The van der Waals surface area contributed by atoms with Gasteiger partial charge in [0.1, 0.15) is 0 Å². The summed E-state index contributed by atoms with van der Waals surface area (Å²) in [5.41, 5.74) is 0.897. The van der Waals surface area contributed by atoms with Gasteiger partial charge in [0.15, 0.2) is 5.78 Å². The first kappa shape index (κ1) is 15.1. The van der Waals surface area contributed by atoms with Crippen molar-refractivity contribution in [2.75, 3.05) is 11.4 Å². The van der Waals surface area contributed by atoms with Crippen LogP contribution in [0.2, 0.25) is 0 Å². The van der Waals surface area contributed by atoms with E-state index in [4.69, 9.17) is 0 Å². The van der Waals surface area contributed by atoms with Gasteiger partial charge in [0.25, 0.3) is 5.69 Å². The van der Waals surface area contributed by atoms with Crippen molar-refractivity contribution >= 4 is 17.2 Å². The van der Waals surface area contributed by atoms with Gasteiger partial charge in [-0.05, 0) is 39.3 Å². The molecular formula is C14H20N2O3. The van der Waals surface area contributed by atoms with E-state index in [0.29, 0.717) is 6.04 Å². The third-order valence-electron chi connectivity index (χ3n) is 3.35. The SMILES string of the molecule is CCC(C)N(CC)c1ccc([N+](=O)[O-])c(C(C)=O)c1. The molecule has 19 heavy (non-hydrogen) atoms. The first-order chi connectivity index (χ1) is 8.92. The number of benzene rings is 1. The maximum absolute atomic E-state index is 11.6. The molecule has 0 aliphatic carbocycles. The van der Waals surface area contributed by atoms with Gasteiger partial charge in [0.2, 0.25) is 0 Å². The van der Waals surface area contributed by atoms with Crippen LogP contribution in [0.5, 0.6) is 0 Å². The van der Waals surface area contributed by atoms with Crippen molar-refractivity contribution in [3.8, 4) is 0 Å². The van der Waals surface area contributed by atoms with E-state index < -0.39 is 4.92 Å². The average molecular weight is 264 g/mol. The molecule has 0 saturated heterocycles. The Bertz CT molecular complexity index is 486. The predicted molar refractivity (Wildman–Crippen MR) is 75.9 cm³/mol. The van der Waals surface area contributed by atoms with Gasteiger partial charge < -0.3 is 4.90 Å². The maximum Gasteiger partial charge on any atom is 0.280 e. The van der Waals surface area contributed by atoms with Gasteiger partial charge >= 0.3 is 0 Å². The van der Waals surface area contributed by atoms with E-state index >= 15 is 0 Å². The average Bonchev–Trinajstić information content (AvgIpc) is 2.38. The van der Waals surface area contributed by atoms with Crippen LogP contribution in [0.15, 0.2) is 18.2 Å². The number of hydrogen-bond donors (Lipinski definition) is 0. The van der Waals surface area contributed by atoms with E-state index in [9.17, 15) is 14.9 Å². The molecule has 0 amide bonds. The van der Waals surface area contributed by atoms with Crippen molar-refractivity contribution < 1.29 is 9.72 Å². The fourth-order valence-electron chi connectivity index (χ4n) is 2.11. The minimum atomic E-state index is -0.514. The number of carbonyl (C=O) groups is 1. The van der Waals surface area contributed by atoms with Crippen molar-refractivity contribution in [2.24, 2.45) is 0 Å². The number of Topliss-reactive ketones (excluding diaryl/α,β-unsaturated/α-hetero) is 1. The van der Waals surface area contributed by atoms with E-state index in [0.717, 1.165) is 18.7 Å². The highest BCUT2D eigenvalue weighted by molar-refractivity contribution is 5.99. The van der Waals surface area contributed by atoms with Crippen molar-refractivity contribution in [2.45, 2.75) is 40.2 Å². The number of ketones is 1. The monoisotopic (exact) mass is 264 g/mol. The second-order valence-corrected chi connectivity index (χ2v) is 4.56. The zero-order valence-corrected chi connectivity index (χ0v) is 11.8. The summed E-state index contributed by atoms with van der Waals surface area (Å²) in [5.74, 6) is -0.284. The molecule has 0 aliphatic rings. The molecule has 5 nitrogen and oxygen atoms in total. The molecule has 0 aliphatic heterocycles. The Hall–Kier alpha value is -1.91. The van der Waals surface area contributed by atoms with E-state index in [1.807, 2.05) is 6.92 Å². The lowest BCUT2D eigenvalue weighted by molar-refractivity contribution is -0.385. The molecule has 104 valence electrons. The van der Waals surface area contributed by atoms with Crippen LogP contribution in [0.4, 0.5) is 11.4 Å². The summed E-state index contributed by atoms with van der Waals surface area (Å²) in [6.45, 7) is 8.36. The van der Waals surface area contributed by atoms with Crippen LogP contribution < -0.4 is 4.90 Å². The molecule has 1 rings (SSSR count). The molecule has 1 unspecified atom stereocenters. The molecule has 1 aromatic carbocycles. The molecule has 0 bridgehead atoms. The number of hydrogen-bond acceptors (Lipinski definition) is 4. The van der Waals surface area contributed by atoms with Crippen LogP contribution in [0.1, 0.15) is 44.5 Å². The van der Waals surface area contributed by atoms with E-state index in [1.54, 1.807) is 12.1 Å². The fourth-order valence-corrected chi connectivity index (χ4v) is 2.11. The smallest absolute Gasteiger partial charge is 0.280 e. The topological polar surface area (TPSA) is 63.4 Å². The van der Waals surface area contributed by atoms with Gasteiger partial charge in [0, 0.05) is 24.3 Å². The molecule has 0 fully saturated rings. The highest BCUT2D eigenvalue weighted by atomic mass is 16.6. The van der Waals surface area contributed by atoms with Crippen molar-refractivity contribution in [1.82, 2.24) is 0 Å². The lowest BCUT2D eigenvalue weighted by Crippen LogP contribution is -2.32. The van der Waals surface area contributed by atoms with Crippen molar-refractivity contribution in [3.63, 3.8) is 0 Å². The summed E-state index contributed by atoms with van der Waals surface area (Å²) >= 11 is 0. The minimum absolute atomic E-state index is 0.128. The van der Waals surface area contributed by atoms with Crippen molar-refractivity contribution in [1.29, 1.82) is 0 Å². The van der Waals surface area contributed by atoms with Gasteiger partial charge in [-0.3, -0.25) is 14.9 Å². The highest BCUT2D eigenvalue weighted by Crippen LogP contribution is 2.27. The molecule has 0 saturated carbocycles. The van der Waals surface area contributed by atoms with Crippen LogP contribution in [0.25, 0.3) is 0 Å². The number of rotatable bonds is 6. The van der Waals surface area contributed by atoms with Crippen LogP contribution in [-0.4, -0.2) is 23.3 Å². The number of nitrogens with zero attached hydrogens (tertiary/aromatic N) is 2. The Labute approximate surface area is 113 Å². The largest absolute Gasteiger partial charge is 0.369 e. The molecular weight excluding hydrogens is 244 g/mol. The maximum atomic E-state index is 11.6. The van der Waals surface area contributed by atoms with Crippen LogP contribution in [0.3, 0.4) is 0 Å². The summed E-state index contributed by atoms with van der Waals surface area (Å²) in [6, 6.07) is 5.07. The third kappa shape index (κ3) is 3.30. The first-order valence-corrected chi connectivity index (χ1v) is 6.48. The minimum Gasteiger partial charge on any atom is -0.369 e. The third-order valence-corrected chi connectivity index (χ3v) is 3.35. The van der Waals surface area contributed by atoms with Gasteiger partial charge in [-0.1, -0.05) is 6.92 Å². The van der Waals surface area contributed by atoms with Crippen LogP contribution in [0, 0.1) is 10.1 Å². The molecule has 0 N–H and O–H groups in total. The summed E-state index contributed by atoms with van der Waals surface area (Å²) in [7, 11) is 0. The molecule has 0 aromatic heterocycles. The second-order valence-electron chi connectivity index (χ2n) is 4.56. The van der Waals surface area contributed by atoms with E-state index in [1.165, 1.54) is 13.0 Å². The lowest BCUT2D eigenvalue weighted by atomic mass is 10.1. The molecule has 1 atom stereocenters. The van der Waals surface area contributed by atoms with Crippen LogP contribution >= 0.6 is 0 Å². The first-order valence-electron chi connectivity index (χ1n) is 6.48. The second kappa shape index (κ2) is 6.31. The van der Waals surface area contributed by atoms with Gasteiger partial charge in [-0.15, -0.1) is 0 Å². The molecule has 0 heterocycles. The summed E-state index contributed by atoms with van der Waals surface area (Å²) in [6.07, 6.45) is 0.972. The number of carbonyl (C=O) groups excluding carboxylic acids is 1. The van der Waals surface area contributed by atoms with Gasteiger partial charge in [0.05, 0.1) is 10.5 Å². The molecule has 1 aromatic rings. The Morgan fingerprint density at radius 1 is 1.42 bits per heavy atom. The van der Waals surface area contributed by atoms with Crippen molar-refractivity contribution in [3.05, 3.63) is 33.9 Å². The fraction of sp³-hybridized carbons (Fsp3) is 0.500. The quantitative estimate of drug-likeness (QED) is 0.448. The summed E-state index contributed by atoms with van der Waals surface area (Å²) < 4.78 is 0. The Kier molecular flexibility index (Phi) is 5.03. The Balaban J connectivity index is 3.28. The lowest BCUT2D eigenvalue weighted by Gasteiger charge is -2.29. The Morgan fingerprint density at radius 3 is 2.47 bits per heavy atom. The standard InChI is InChI=1S/C14H20N2O3/c1-5-10(3)15(6-2)12-7-8-14(16(18)19)13(9-12)11(4)17/h7-10H,5-6H2,1-4H3. The summed E-state index contributed by atoms with van der Waals surface area (Å²) in [5, 5.41) is 10.9. The zero-order valence-electron chi connectivity index (χ0n) is 11.8. The Morgan fingerprint density at radius 2 is 2.05 bits per heavy atom. The highest BCUT2D eigenvalue weighted by Gasteiger charge is 2.20. The number of nitro groups is 1. The molecule has 0 spiro atoms. The normalized spacial score (nSPS) is 12.0. The molecule has 5 heteroatoms. The van der Waals surface area contributed by atoms with E-state index in [-0.39, 0.29) is 17.0 Å². The van der Waals surface area contributed by atoms with E-state index in [2.05, 4.69) is 18.7 Å². The zero-order chi connectivity index (χ0) is 14.6. The number of nitro benzene ring substituents is 1. The summed E-state index contributed by atoms with van der Waals surface area (Å²) in [4.78, 5) is 24.1. The van der Waals surface area contributed by atoms with Gasteiger partial charge in [-0.2, -0.15) is 0 Å². The number of anilines is 1. The molecule has 0 radical (unpaired) electrons.